The molecule has 2 aliphatic heterocycles. The molecule has 0 unspecified atom stereocenters. The highest BCUT2D eigenvalue weighted by molar-refractivity contribution is 7.90. The number of carbonyl (C=O) groups is 2. The second-order valence-corrected chi connectivity index (χ2v) is 9.71. The standard InChI is InChI=1S/C23H26N4O4S/c1-26-12-4-10-21(26)25-32(30,31)20-9-3-8-19(15-20)24-23(29)18-7-2-6-17(14-18)16-27-13-5-11-22(27)28/h2-3,6-9,14-15H,4-5,10-13,16H2,1H3,(H,24,29)/b25-21+. The Morgan fingerprint density at radius 1 is 1.06 bits per heavy atom. The molecule has 0 atom stereocenters. The number of benzene rings is 2. The summed E-state index contributed by atoms with van der Waals surface area (Å²) in [5.41, 5.74) is 1.69. The predicted octanol–water partition coefficient (Wildman–Crippen LogP) is 2.87. The molecule has 2 aromatic carbocycles. The molecule has 0 aromatic heterocycles. The molecule has 2 aliphatic rings. The number of amidine groups is 1. The molecule has 2 fully saturated rings. The van der Waals surface area contributed by atoms with E-state index in [9.17, 15) is 18.0 Å². The van der Waals surface area contributed by atoms with E-state index in [2.05, 4.69) is 9.71 Å². The molecule has 2 aromatic rings. The molecule has 0 saturated carbocycles. The number of hydrogen-bond acceptors (Lipinski definition) is 4. The molecule has 2 saturated heterocycles. The lowest BCUT2D eigenvalue weighted by molar-refractivity contribution is -0.128. The average Bonchev–Trinajstić information content (AvgIpc) is 3.36. The summed E-state index contributed by atoms with van der Waals surface area (Å²) >= 11 is 0. The van der Waals surface area contributed by atoms with Crippen molar-refractivity contribution in [1.82, 2.24) is 9.80 Å². The van der Waals surface area contributed by atoms with Gasteiger partial charge in [-0.1, -0.05) is 18.2 Å². The molecule has 0 spiro atoms. The van der Waals surface area contributed by atoms with Crippen LogP contribution in [0.25, 0.3) is 0 Å². The maximum absolute atomic E-state index is 12.8. The van der Waals surface area contributed by atoms with Gasteiger partial charge in [0.15, 0.2) is 0 Å². The third-order valence-corrected chi connectivity index (χ3v) is 6.98. The minimum absolute atomic E-state index is 0.0318. The van der Waals surface area contributed by atoms with Gasteiger partial charge in [0.25, 0.3) is 15.9 Å². The van der Waals surface area contributed by atoms with Crippen molar-refractivity contribution in [3.05, 3.63) is 59.7 Å². The molecule has 2 heterocycles. The second kappa shape index (κ2) is 9.12. The van der Waals surface area contributed by atoms with Crippen LogP contribution in [0.4, 0.5) is 5.69 Å². The van der Waals surface area contributed by atoms with Crippen LogP contribution in [0.3, 0.4) is 0 Å². The highest BCUT2D eigenvalue weighted by atomic mass is 32.2. The molecule has 0 radical (unpaired) electrons. The largest absolute Gasteiger partial charge is 0.362 e. The van der Waals surface area contributed by atoms with Crippen LogP contribution in [0, 0.1) is 0 Å². The van der Waals surface area contributed by atoms with Crippen LogP contribution in [0.15, 0.2) is 57.8 Å². The van der Waals surface area contributed by atoms with E-state index in [0.29, 0.717) is 36.5 Å². The fourth-order valence-electron chi connectivity index (χ4n) is 3.94. The van der Waals surface area contributed by atoms with E-state index < -0.39 is 10.0 Å². The normalized spacial score (nSPS) is 17.9. The average molecular weight is 455 g/mol. The summed E-state index contributed by atoms with van der Waals surface area (Å²) in [6.07, 6.45) is 2.94. The number of carbonyl (C=O) groups excluding carboxylic acids is 2. The van der Waals surface area contributed by atoms with Crippen molar-refractivity contribution in [2.24, 2.45) is 4.40 Å². The first-order valence-electron chi connectivity index (χ1n) is 10.6. The van der Waals surface area contributed by atoms with Gasteiger partial charge in [0, 0.05) is 50.8 Å². The zero-order valence-electron chi connectivity index (χ0n) is 18.0. The third-order valence-electron chi connectivity index (χ3n) is 5.68. The SMILES string of the molecule is CN1CCC/C1=N\S(=O)(=O)c1cccc(NC(=O)c2cccc(CN3CCCC3=O)c2)c1. The quantitative estimate of drug-likeness (QED) is 0.724. The van der Waals surface area contributed by atoms with E-state index in [1.54, 1.807) is 35.2 Å². The van der Waals surface area contributed by atoms with Gasteiger partial charge in [-0.05, 0) is 48.7 Å². The van der Waals surface area contributed by atoms with Gasteiger partial charge in [-0.25, -0.2) is 0 Å². The van der Waals surface area contributed by atoms with E-state index in [0.717, 1.165) is 31.5 Å². The lowest BCUT2D eigenvalue weighted by Gasteiger charge is -2.16. The summed E-state index contributed by atoms with van der Waals surface area (Å²) in [7, 11) is -2.04. The molecule has 2 amide bonds. The highest BCUT2D eigenvalue weighted by Gasteiger charge is 2.22. The first-order chi connectivity index (χ1) is 15.3. The number of amides is 2. The van der Waals surface area contributed by atoms with Crippen LogP contribution in [-0.2, 0) is 21.4 Å². The molecular formula is C23H26N4O4S. The van der Waals surface area contributed by atoms with Crippen LogP contribution in [0.5, 0.6) is 0 Å². The summed E-state index contributed by atoms with van der Waals surface area (Å²) in [4.78, 5) is 28.3. The van der Waals surface area contributed by atoms with Crippen LogP contribution in [0.2, 0.25) is 0 Å². The van der Waals surface area contributed by atoms with Crippen molar-refractivity contribution in [3.63, 3.8) is 0 Å². The molecule has 8 nitrogen and oxygen atoms in total. The molecule has 4 rings (SSSR count). The molecule has 32 heavy (non-hydrogen) atoms. The Kier molecular flexibility index (Phi) is 6.27. The number of sulfonamides is 1. The van der Waals surface area contributed by atoms with Crippen LogP contribution in [0.1, 0.15) is 41.6 Å². The van der Waals surface area contributed by atoms with Gasteiger partial charge in [-0.3, -0.25) is 9.59 Å². The Morgan fingerprint density at radius 2 is 1.84 bits per heavy atom. The van der Waals surface area contributed by atoms with E-state index >= 15 is 0 Å². The maximum Gasteiger partial charge on any atom is 0.284 e. The third kappa shape index (κ3) is 4.99. The Labute approximate surface area is 188 Å². The Bertz CT molecular complexity index is 1180. The zero-order chi connectivity index (χ0) is 22.7. The van der Waals surface area contributed by atoms with E-state index in [1.807, 2.05) is 18.0 Å². The number of rotatable bonds is 6. The molecule has 0 bridgehead atoms. The van der Waals surface area contributed by atoms with E-state index in [-0.39, 0.29) is 16.7 Å². The first kappa shape index (κ1) is 22.0. The van der Waals surface area contributed by atoms with Crippen molar-refractivity contribution in [2.45, 2.75) is 37.1 Å². The summed E-state index contributed by atoms with van der Waals surface area (Å²) in [5, 5.41) is 2.76. The summed E-state index contributed by atoms with van der Waals surface area (Å²) in [6, 6.07) is 13.2. The number of nitrogens with one attached hydrogen (secondary N) is 1. The van der Waals surface area contributed by atoms with Crippen molar-refractivity contribution in [2.75, 3.05) is 25.5 Å². The Balaban J connectivity index is 1.48. The lowest BCUT2D eigenvalue weighted by Crippen LogP contribution is -2.24. The number of likely N-dealkylation sites (tertiary alicyclic amines) is 2. The topological polar surface area (TPSA) is 99.2 Å². The van der Waals surface area contributed by atoms with Gasteiger partial charge in [0.1, 0.15) is 5.84 Å². The van der Waals surface area contributed by atoms with E-state index in [1.165, 1.54) is 12.1 Å². The Morgan fingerprint density at radius 3 is 2.56 bits per heavy atom. The lowest BCUT2D eigenvalue weighted by atomic mass is 10.1. The zero-order valence-corrected chi connectivity index (χ0v) is 18.8. The number of anilines is 1. The second-order valence-electron chi connectivity index (χ2n) is 8.11. The molecular weight excluding hydrogens is 428 g/mol. The molecule has 0 aliphatic carbocycles. The van der Waals surface area contributed by atoms with Gasteiger partial charge in [-0.15, -0.1) is 4.40 Å². The predicted molar refractivity (Wildman–Crippen MR) is 122 cm³/mol. The maximum atomic E-state index is 12.8. The number of nitrogens with zero attached hydrogens (tertiary/aromatic N) is 3. The van der Waals surface area contributed by atoms with Gasteiger partial charge in [-0.2, -0.15) is 8.42 Å². The van der Waals surface area contributed by atoms with Crippen molar-refractivity contribution < 1.29 is 18.0 Å². The van der Waals surface area contributed by atoms with Crippen molar-refractivity contribution >= 4 is 33.4 Å². The molecule has 1 N–H and O–H groups in total. The van der Waals surface area contributed by atoms with Gasteiger partial charge in [0.2, 0.25) is 5.91 Å². The summed E-state index contributed by atoms with van der Waals surface area (Å²) in [6.45, 7) is 1.99. The van der Waals surface area contributed by atoms with Gasteiger partial charge in [0.05, 0.1) is 4.90 Å². The fraction of sp³-hybridized carbons (Fsp3) is 0.348. The van der Waals surface area contributed by atoms with E-state index in [4.69, 9.17) is 0 Å². The van der Waals surface area contributed by atoms with Crippen molar-refractivity contribution in [1.29, 1.82) is 0 Å². The van der Waals surface area contributed by atoms with Crippen LogP contribution in [-0.4, -0.2) is 56.0 Å². The summed E-state index contributed by atoms with van der Waals surface area (Å²) < 4.78 is 29.4. The van der Waals surface area contributed by atoms with Crippen LogP contribution >= 0.6 is 0 Å². The molecule has 9 heteroatoms. The van der Waals surface area contributed by atoms with Crippen LogP contribution < -0.4 is 5.32 Å². The first-order valence-corrected chi connectivity index (χ1v) is 12.1. The summed E-state index contributed by atoms with van der Waals surface area (Å²) in [5.74, 6) is 0.328. The monoisotopic (exact) mass is 454 g/mol. The molecule has 168 valence electrons. The van der Waals surface area contributed by atoms with Gasteiger partial charge < -0.3 is 15.1 Å². The minimum atomic E-state index is -3.87. The van der Waals surface area contributed by atoms with Gasteiger partial charge >= 0.3 is 0 Å². The Hall–Kier alpha value is -3.20. The minimum Gasteiger partial charge on any atom is -0.362 e. The smallest absolute Gasteiger partial charge is 0.284 e. The highest BCUT2D eigenvalue weighted by Crippen LogP contribution is 2.21. The number of hydrogen-bond donors (Lipinski definition) is 1. The van der Waals surface area contributed by atoms with Crippen molar-refractivity contribution in [3.8, 4) is 0 Å². The fourth-order valence-corrected chi connectivity index (χ4v) is 5.08.